The number of nitrogens with zero attached hydrogens (tertiary/aromatic N) is 1. The van der Waals surface area contributed by atoms with Crippen LogP contribution in [0.25, 0.3) is 17.0 Å². The highest BCUT2D eigenvalue weighted by atomic mass is 19.1. The van der Waals surface area contributed by atoms with E-state index in [1.54, 1.807) is 25.3 Å². The van der Waals surface area contributed by atoms with Gasteiger partial charge < -0.3 is 10.4 Å². The number of amides is 1. The van der Waals surface area contributed by atoms with Gasteiger partial charge in [0.15, 0.2) is 0 Å². The molecule has 0 fully saturated rings. The van der Waals surface area contributed by atoms with Crippen molar-refractivity contribution in [3.05, 3.63) is 77.5 Å². The lowest BCUT2D eigenvalue weighted by Gasteiger charge is -2.12. The van der Waals surface area contributed by atoms with Crippen LogP contribution in [0.4, 0.5) is 13.6 Å². The van der Waals surface area contributed by atoms with Gasteiger partial charge in [-0.1, -0.05) is 18.2 Å². The van der Waals surface area contributed by atoms with Crippen molar-refractivity contribution in [1.82, 2.24) is 9.88 Å². The lowest BCUT2D eigenvalue weighted by Crippen LogP contribution is -2.32. The van der Waals surface area contributed by atoms with E-state index in [0.29, 0.717) is 11.9 Å². The van der Waals surface area contributed by atoms with Gasteiger partial charge in [0.1, 0.15) is 11.6 Å². The molecule has 2 aromatic carbocycles. The minimum absolute atomic E-state index is 0.105. The van der Waals surface area contributed by atoms with E-state index in [1.807, 2.05) is 12.1 Å². The van der Waals surface area contributed by atoms with Gasteiger partial charge in [-0.15, -0.1) is 0 Å². The predicted octanol–water partition coefficient (Wildman–Crippen LogP) is 4.21. The van der Waals surface area contributed by atoms with Crippen LogP contribution >= 0.6 is 0 Å². The Hall–Kier alpha value is -3.48. The zero-order valence-electron chi connectivity index (χ0n) is 15.0. The minimum Gasteiger partial charge on any atom is -0.464 e. The molecule has 0 aliphatic heterocycles. The second kappa shape index (κ2) is 8.04. The van der Waals surface area contributed by atoms with Crippen molar-refractivity contribution in [1.29, 1.82) is 0 Å². The maximum atomic E-state index is 13.6. The maximum Gasteiger partial charge on any atom is 0.416 e. The van der Waals surface area contributed by atoms with Gasteiger partial charge >= 0.3 is 6.09 Å². The molecule has 5 nitrogen and oxygen atoms in total. The molecular formula is C21H18F2N2O3. The van der Waals surface area contributed by atoms with E-state index >= 15 is 0 Å². The van der Waals surface area contributed by atoms with Gasteiger partial charge in [0.25, 0.3) is 0 Å². The van der Waals surface area contributed by atoms with E-state index in [0.717, 1.165) is 27.6 Å². The van der Waals surface area contributed by atoms with Crippen LogP contribution in [0.1, 0.15) is 18.1 Å². The maximum absolute atomic E-state index is 13.6. The number of rotatable bonds is 5. The second-order valence-corrected chi connectivity index (χ2v) is 6.44. The molecule has 0 spiro atoms. The summed E-state index contributed by atoms with van der Waals surface area (Å²) in [5, 5.41) is 12.9. The van der Waals surface area contributed by atoms with Crippen molar-refractivity contribution in [2.75, 3.05) is 0 Å². The first-order valence-electron chi connectivity index (χ1n) is 8.61. The van der Waals surface area contributed by atoms with Gasteiger partial charge in [0.05, 0.1) is 5.52 Å². The monoisotopic (exact) mass is 384 g/mol. The van der Waals surface area contributed by atoms with Gasteiger partial charge in [-0.3, -0.25) is 9.36 Å². The van der Waals surface area contributed by atoms with Crippen molar-refractivity contribution in [2.24, 2.45) is 0 Å². The number of para-hydroxylation sites is 1. The average Bonchev–Trinajstić information content (AvgIpc) is 3.00. The van der Waals surface area contributed by atoms with Crippen molar-refractivity contribution in [3.63, 3.8) is 0 Å². The summed E-state index contributed by atoms with van der Waals surface area (Å²) in [4.78, 5) is 23.5. The molecule has 2 N–H and O–H groups in total. The lowest BCUT2D eigenvalue weighted by atomic mass is 10.1. The molecule has 3 rings (SSSR count). The largest absolute Gasteiger partial charge is 0.464 e. The zero-order chi connectivity index (χ0) is 20.3. The standard InChI is InChI=1S/C21H18F2N2O3/c1-13(24-20(26)9-7-14-6-8-16(22)11-18(14)23)10-15-12-25(21(27)28)19-5-3-2-4-17(15)19/h2-9,11-13H,10H2,1H3,(H,24,26)(H,27,28)/t13-/m1/s1. The number of carbonyl (C=O) groups is 2. The molecule has 0 unspecified atom stereocenters. The van der Waals surface area contributed by atoms with Gasteiger partial charge in [-0.2, -0.15) is 0 Å². The molecule has 0 aliphatic carbocycles. The van der Waals surface area contributed by atoms with E-state index in [4.69, 9.17) is 0 Å². The number of nitrogens with one attached hydrogen (secondary N) is 1. The molecular weight excluding hydrogens is 366 g/mol. The Morgan fingerprint density at radius 1 is 1.21 bits per heavy atom. The Kier molecular flexibility index (Phi) is 5.54. The van der Waals surface area contributed by atoms with Gasteiger partial charge in [0, 0.05) is 35.3 Å². The van der Waals surface area contributed by atoms with E-state index in [9.17, 15) is 23.5 Å². The molecule has 0 bridgehead atoms. The molecule has 1 aromatic heterocycles. The highest BCUT2D eigenvalue weighted by Crippen LogP contribution is 2.22. The second-order valence-electron chi connectivity index (χ2n) is 6.44. The lowest BCUT2D eigenvalue weighted by molar-refractivity contribution is -0.117. The first-order chi connectivity index (χ1) is 13.3. The number of hydrogen-bond acceptors (Lipinski definition) is 2. The van der Waals surface area contributed by atoms with Crippen LogP contribution in [0.15, 0.2) is 54.7 Å². The van der Waals surface area contributed by atoms with Crippen LogP contribution < -0.4 is 5.32 Å². The highest BCUT2D eigenvalue weighted by Gasteiger charge is 2.15. The summed E-state index contributed by atoms with van der Waals surface area (Å²) >= 11 is 0. The molecule has 3 aromatic rings. The zero-order valence-corrected chi connectivity index (χ0v) is 15.0. The summed E-state index contributed by atoms with van der Waals surface area (Å²) in [6.07, 6.45) is 3.33. The molecule has 0 saturated heterocycles. The summed E-state index contributed by atoms with van der Waals surface area (Å²) in [6, 6.07) is 9.95. The van der Waals surface area contributed by atoms with Crippen LogP contribution in [0.3, 0.4) is 0 Å². The molecule has 28 heavy (non-hydrogen) atoms. The van der Waals surface area contributed by atoms with Crippen LogP contribution in [0.2, 0.25) is 0 Å². The predicted molar refractivity (Wildman–Crippen MR) is 102 cm³/mol. The first kappa shape index (κ1) is 19.3. The molecule has 0 radical (unpaired) electrons. The third-order valence-electron chi connectivity index (χ3n) is 4.29. The normalized spacial score (nSPS) is 12.4. The van der Waals surface area contributed by atoms with Crippen molar-refractivity contribution >= 4 is 29.0 Å². The number of carboxylic acid groups (broad SMARTS) is 1. The average molecular weight is 384 g/mol. The molecule has 0 aliphatic rings. The Morgan fingerprint density at radius 3 is 2.68 bits per heavy atom. The van der Waals surface area contributed by atoms with E-state index < -0.39 is 23.6 Å². The number of hydrogen-bond donors (Lipinski definition) is 2. The first-order valence-corrected chi connectivity index (χ1v) is 8.61. The van der Waals surface area contributed by atoms with Gasteiger partial charge in [-0.25, -0.2) is 13.6 Å². The van der Waals surface area contributed by atoms with Crippen LogP contribution in [0.5, 0.6) is 0 Å². The van der Waals surface area contributed by atoms with E-state index in [2.05, 4.69) is 5.32 Å². The third kappa shape index (κ3) is 4.25. The van der Waals surface area contributed by atoms with Crippen molar-refractivity contribution in [2.45, 2.75) is 19.4 Å². The topological polar surface area (TPSA) is 71.3 Å². The SMILES string of the molecule is C[C@H](Cc1cn(C(=O)O)c2ccccc12)NC(=O)C=Cc1ccc(F)cc1F. The van der Waals surface area contributed by atoms with Crippen molar-refractivity contribution < 1.29 is 23.5 Å². The van der Waals surface area contributed by atoms with Crippen molar-refractivity contribution in [3.8, 4) is 0 Å². The third-order valence-corrected chi connectivity index (χ3v) is 4.29. The summed E-state index contributed by atoms with van der Waals surface area (Å²) in [5.41, 5.74) is 1.48. The van der Waals surface area contributed by atoms with Crippen LogP contribution in [-0.4, -0.2) is 27.7 Å². The Labute approximate surface area is 159 Å². The van der Waals surface area contributed by atoms with Crippen LogP contribution in [0, 0.1) is 11.6 Å². The Balaban J connectivity index is 1.69. The molecule has 1 atom stereocenters. The number of benzene rings is 2. The number of halogens is 2. The summed E-state index contributed by atoms with van der Waals surface area (Å²) in [6.45, 7) is 1.79. The van der Waals surface area contributed by atoms with Gasteiger partial charge in [0.2, 0.25) is 5.91 Å². The summed E-state index contributed by atoms with van der Waals surface area (Å²) in [5.74, 6) is -1.87. The molecule has 1 amide bonds. The molecule has 144 valence electrons. The summed E-state index contributed by atoms with van der Waals surface area (Å²) in [7, 11) is 0. The van der Waals surface area contributed by atoms with Gasteiger partial charge in [-0.05, 0) is 43.2 Å². The Morgan fingerprint density at radius 2 is 1.96 bits per heavy atom. The Bertz CT molecular complexity index is 1070. The number of fused-ring (bicyclic) bond motifs is 1. The summed E-state index contributed by atoms with van der Waals surface area (Å²) < 4.78 is 27.6. The molecule has 7 heteroatoms. The fourth-order valence-electron chi connectivity index (χ4n) is 3.05. The number of aromatic nitrogens is 1. The number of carbonyl (C=O) groups excluding carboxylic acids is 1. The molecule has 1 heterocycles. The van der Waals surface area contributed by atoms with E-state index in [-0.39, 0.29) is 11.6 Å². The fourth-order valence-corrected chi connectivity index (χ4v) is 3.05. The quantitative estimate of drug-likeness (QED) is 0.648. The highest BCUT2D eigenvalue weighted by molar-refractivity contribution is 5.93. The smallest absolute Gasteiger partial charge is 0.416 e. The molecule has 0 saturated carbocycles. The minimum atomic E-state index is -1.08. The van der Waals surface area contributed by atoms with E-state index in [1.165, 1.54) is 18.2 Å². The van der Waals surface area contributed by atoms with Crippen LogP contribution in [-0.2, 0) is 11.2 Å². The fraction of sp³-hybridized carbons (Fsp3) is 0.143.